The zero-order valence-corrected chi connectivity index (χ0v) is 17.7. The van der Waals surface area contributed by atoms with Gasteiger partial charge in [-0.1, -0.05) is 19.9 Å². The molecule has 0 aliphatic carbocycles. The van der Waals surface area contributed by atoms with Crippen LogP contribution in [0.3, 0.4) is 0 Å². The van der Waals surface area contributed by atoms with E-state index in [-0.39, 0.29) is 29.7 Å². The molecule has 0 N–H and O–H groups in total. The van der Waals surface area contributed by atoms with Crippen LogP contribution in [0.4, 0.5) is 4.39 Å². The maximum Gasteiger partial charge on any atom is 0.253 e. The average molecular weight is 419 g/mol. The van der Waals surface area contributed by atoms with Crippen LogP contribution in [0.25, 0.3) is 0 Å². The minimum Gasteiger partial charge on any atom is -0.373 e. The molecule has 1 aliphatic heterocycles. The zero-order chi connectivity index (χ0) is 20.8. The lowest BCUT2D eigenvalue weighted by molar-refractivity contribution is -0.138. The Morgan fingerprint density at radius 3 is 2.69 bits per heavy atom. The van der Waals surface area contributed by atoms with E-state index < -0.39 is 0 Å². The van der Waals surface area contributed by atoms with E-state index in [4.69, 9.17) is 4.74 Å². The second kappa shape index (κ2) is 9.98. The highest BCUT2D eigenvalue weighted by atomic mass is 32.1. The van der Waals surface area contributed by atoms with E-state index in [0.29, 0.717) is 44.8 Å². The Morgan fingerprint density at radius 1 is 1.28 bits per heavy atom. The average Bonchev–Trinajstić information content (AvgIpc) is 3.20. The van der Waals surface area contributed by atoms with Crippen LogP contribution in [-0.2, 0) is 16.0 Å². The fourth-order valence-electron chi connectivity index (χ4n) is 3.43. The molecule has 1 aliphatic rings. The second-order valence-electron chi connectivity index (χ2n) is 7.70. The highest BCUT2D eigenvalue weighted by Gasteiger charge is 2.28. The first kappa shape index (κ1) is 21.5. The number of amides is 2. The number of rotatable bonds is 7. The highest BCUT2D eigenvalue weighted by Crippen LogP contribution is 2.16. The predicted molar refractivity (Wildman–Crippen MR) is 111 cm³/mol. The number of nitrogens with zero attached hydrogens (tertiary/aromatic N) is 2. The topological polar surface area (TPSA) is 49.9 Å². The number of hydrogen-bond donors (Lipinski definition) is 0. The summed E-state index contributed by atoms with van der Waals surface area (Å²) in [6, 6.07) is 9.51. The summed E-state index contributed by atoms with van der Waals surface area (Å²) in [6.07, 6.45) is 0.161. The maximum absolute atomic E-state index is 13.2. The summed E-state index contributed by atoms with van der Waals surface area (Å²) < 4.78 is 19.1. The molecule has 1 aromatic heterocycles. The van der Waals surface area contributed by atoms with Gasteiger partial charge in [0.25, 0.3) is 5.91 Å². The molecular formula is C22H27FN2O3S. The third-order valence-electron chi connectivity index (χ3n) is 4.78. The Morgan fingerprint density at radius 2 is 2.03 bits per heavy atom. The highest BCUT2D eigenvalue weighted by molar-refractivity contribution is 7.10. The van der Waals surface area contributed by atoms with E-state index in [9.17, 15) is 14.0 Å². The van der Waals surface area contributed by atoms with Gasteiger partial charge in [-0.2, -0.15) is 0 Å². The molecule has 29 heavy (non-hydrogen) atoms. The van der Waals surface area contributed by atoms with Crippen LogP contribution in [0.1, 0.15) is 29.1 Å². The molecule has 0 bridgehead atoms. The van der Waals surface area contributed by atoms with Gasteiger partial charge in [0, 0.05) is 36.6 Å². The number of morpholine rings is 1. The minimum atomic E-state index is -0.368. The van der Waals surface area contributed by atoms with Gasteiger partial charge in [-0.15, -0.1) is 11.3 Å². The Balaban J connectivity index is 1.64. The summed E-state index contributed by atoms with van der Waals surface area (Å²) in [7, 11) is 0. The number of carbonyl (C=O) groups is 2. The Labute approximate surface area is 175 Å². The molecule has 1 unspecified atom stereocenters. The Hall–Kier alpha value is -2.25. The Bertz CT molecular complexity index is 808. The van der Waals surface area contributed by atoms with Crippen LogP contribution in [-0.4, -0.2) is 60.5 Å². The summed E-state index contributed by atoms with van der Waals surface area (Å²) in [5, 5.41) is 1.97. The first-order chi connectivity index (χ1) is 13.9. The fourth-order valence-corrected chi connectivity index (χ4v) is 4.13. The normalized spacial score (nSPS) is 16.8. The van der Waals surface area contributed by atoms with Crippen LogP contribution in [0.2, 0.25) is 0 Å². The number of ether oxygens (including phenoxy) is 1. The van der Waals surface area contributed by atoms with Gasteiger partial charge in [-0.25, -0.2) is 4.39 Å². The fraction of sp³-hybridized carbons (Fsp3) is 0.455. The molecule has 0 spiro atoms. The molecule has 1 atom stereocenters. The van der Waals surface area contributed by atoms with E-state index in [1.54, 1.807) is 16.2 Å². The third-order valence-corrected chi connectivity index (χ3v) is 5.66. The maximum atomic E-state index is 13.2. The Kier molecular flexibility index (Phi) is 7.39. The summed E-state index contributed by atoms with van der Waals surface area (Å²) in [5.74, 6) is -0.155. The van der Waals surface area contributed by atoms with Crippen molar-refractivity contribution in [2.45, 2.75) is 26.4 Å². The largest absolute Gasteiger partial charge is 0.373 e. The van der Waals surface area contributed by atoms with Crippen molar-refractivity contribution in [1.82, 2.24) is 9.80 Å². The van der Waals surface area contributed by atoms with Gasteiger partial charge in [0.2, 0.25) is 5.91 Å². The van der Waals surface area contributed by atoms with Gasteiger partial charge in [0.1, 0.15) is 5.82 Å². The van der Waals surface area contributed by atoms with Crippen molar-refractivity contribution < 1.29 is 18.7 Å². The van der Waals surface area contributed by atoms with E-state index in [0.717, 1.165) is 4.88 Å². The van der Waals surface area contributed by atoms with Gasteiger partial charge in [0.05, 0.1) is 19.1 Å². The van der Waals surface area contributed by atoms with E-state index in [1.165, 1.54) is 24.3 Å². The molecule has 1 fully saturated rings. The summed E-state index contributed by atoms with van der Waals surface area (Å²) in [6.45, 7) is 6.55. The van der Waals surface area contributed by atoms with Crippen LogP contribution < -0.4 is 0 Å². The van der Waals surface area contributed by atoms with Gasteiger partial charge in [-0.05, 0) is 41.6 Å². The van der Waals surface area contributed by atoms with Crippen molar-refractivity contribution in [2.75, 3.05) is 32.8 Å². The molecule has 1 saturated heterocycles. The first-order valence-electron chi connectivity index (χ1n) is 9.89. The lowest BCUT2D eigenvalue weighted by Crippen LogP contribution is -2.51. The predicted octanol–water partition coefficient (Wildman–Crippen LogP) is 3.46. The number of carbonyl (C=O) groups excluding carboxylic acids is 2. The van der Waals surface area contributed by atoms with E-state index in [2.05, 4.69) is 0 Å². The molecular weight excluding hydrogens is 391 g/mol. The molecule has 2 amide bonds. The summed E-state index contributed by atoms with van der Waals surface area (Å²) in [4.78, 5) is 30.2. The molecule has 1 aromatic carbocycles. The smallest absolute Gasteiger partial charge is 0.253 e. The third kappa shape index (κ3) is 6.11. The molecule has 0 radical (unpaired) electrons. The summed E-state index contributed by atoms with van der Waals surface area (Å²) >= 11 is 1.58. The molecule has 2 heterocycles. The van der Waals surface area contributed by atoms with Crippen LogP contribution in [0, 0.1) is 11.7 Å². The standard InChI is InChI=1S/C22H27FN2O3S/c1-16(2)13-25(22(27)17-5-7-18(23)8-6-17)15-19-14-24(9-10-28-19)21(26)12-20-4-3-11-29-20/h3-8,11,16,19H,9-10,12-15H2,1-2H3. The molecule has 3 rings (SSSR count). The van der Waals surface area contributed by atoms with Gasteiger partial charge in [0.15, 0.2) is 0 Å². The van der Waals surface area contributed by atoms with Gasteiger partial charge in [-0.3, -0.25) is 9.59 Å². The second-order valence-corrected chi connectivity index (χ2v) is 8.73. The van der Waals surface area contributed by atoms with Crippen molar-refractivity contribution in [1.29, 1.82) is 0 Å². The van der Waals surface area contributed by atoms with Gasteiger partial charge < -0.3 is 14.5 Å². The number of thiophene rings is 1. The molecule has 2 aromatic rings. The van der Waals surface area contributed by atoms with Crippen LogP contribution in [0.5, 0.6) is 0 Å². The first-order valence-corrected chi connectivity index (χ1v) is 10.8. The molecule has 7 heteroatoms. The lowest BCUT2D eigenvalue weighted by Gasteiger charge is -2.36. The van der Waals surface area contributed by atoms with Crippen molar-refractivity contribution in [2.24, 2.45) is 5.92 Å². The molecule has 0 saturated carbocycles. The number of hydrogen-bond acceptors (Lipinski definition) is 4. The van der Waals surface area contributed by atoms with Crippen LogP contribution >= 0.6 is 11.3 Å². The monoisotopic (exact) mass is 418 g/mol. The lowest BCUT2D eigenvalue weighted by atomic mass is 10.1. The molecule has 156 valence electrons. The van der Waals surface area contributed by atoms with Crippen molar-refractivity contribution in [3.05, 3.63) is 58.0 Å². The molecule has 5 nitrogen and oxygen atoms in total. The number of benzene rings is 1. The van der Waals surface area contributed by atoms with E-state index >= 15 is 0 Å². The van der Waals surface area contributed by atoms with Crippen molar-refractivity contribution in [3.8, 4) is 0 Å². The van der Waals surface area contributed by atoms with Crippen molar-refractivity contribution in [3.63, 3.8) is 0 Å². The SMILES string of the molecule is CC(C)CN(CC1CN(C(=O)Cc2cccs2)CCO1)C(=O)c1ccc(F)cc1. The summed E-state index contributed by atoms with van der Waals surface area (Å²) in [5.41, 5.74) is 0.452. The van der Waals surface area contributed by atoms with Gasteiger partial charge >= 0.3 is 0 Å². The van der Waals surface area contributed by atoms with Crippen molar-refractivity contribution >= 4 is 23.2 Å². The van der Waals surface area contributed by atoms with E-state index in [1.807, 2.05) is 36.3 Å². The zero-order valence-electron chi connectivity index (χ0n) is 16.8. The quantitative estimate of drug-likeness (QED) is 0.692. The van der Waals surface area contributed by atoms with Crippen LogP contribution in [0.15, 0.2) is 41.8 Å². The minimum absolute atomic E-state index is 0.0843. The number of halogens is 1.